The number of hydrogen-bond acceptors (Lipinski definition) is 2. The highest BCUT2D eigenvalue weighted by Gasteiger charge is 2.36. The van der Waals surface area contributed by atoms with Crippen LogP contribution >= 0.6 is 0 Å². The number of aliphatic hydroxyl groups is 1. The Morgan fingerprint density at radius 1 is 1.00 bits per heavy atom. The molecule has 1 saturated heterocycles. The SMILES string of the molecule is OC1CCCCC1C1CCCN1Cc1ccccc1. The topological polar surface area (TPSA) is 23.5 Å². The van der Waals surface area contributed by atoms with Crippen molar-refractivity contribution in [3.63, 3.8) is 0 Å². The van der Waals surface area contributed by atoms with Crippen LogP contribution in [0.1, 0.15) is 44.1 Å². The molecular weight excluding hydrogens is 234 g/mol. The summed E-state index contributed by atoms with van der Waals surface area (Å²) in [6, 6.07) is 11.4. The van der Waals surface area contributed by atoms with Gasteiger partial charge in [0.15, 0.2) is 0 Å². The van der Waals surface area contributed by atoms with Gasteiger partial charge in [0.05, 0.1) is 6.10 Å². The second-order valence-electron chi connectivity index (χ2n) is 6.18. The van der Waals surface area contributed by atoms with Gasteiger partial charge in [-0.05, 0) is 37.8 Å². The van der Waals surface area contributed by atoms with Crippen LogP contribution in [0.15, 0.2) is 30.3 Å². The van der Waals surface area contributed by atoms with Gasteiger partial charge in [-0.25, -0.2) is 0 Å². The number of likely N-dealkylation sites (tertiary alicyclic amines) is 1. The fraction of sp³-hybridized carbons (Fsp3) is 0.647. The fourth-order valence-electron chi connectivity index (χ4n) is 3.94. The highest BCUT2D eigenvalue weighted by Crippen LogP contribution is 2.35. The van der Waals surface area contributed by atoms with Crippen LogP contribution in [0.2, 0.25) is 0 Å². The van der Waals surface area contributed by atoms with Crippen molar-refractivity contribution in [1.82, 2.24) is 4.90 Å². The average Bonchev–Trinajstić information content (AvgIpc) is 2.88. The maximum atomic E-state index is 10.3. The molecule has 1 N–H and O–H groups in total. The second-order valence-corrected chi connectivity index (χ2v) is 6.18. The van der Waals surface area contributed by atoms with Gasteiger partial charge in [0, 0.05) is 18.5 Å². The van der Waals surface area contributed by atoms with Crippen LogP contribution < -0.4 is 0 Å². The van der Waals surface area contributed by atoms with Gasteiger partial charge in [-0.2, -0.15) is 0 Å². The summed E-state index contributed by atoms with van der Waals surface area (Å²) in [5.41, 5.74) is 1.40. The first-order valence-corrected chi connectivity index (χ1v) is 7.80. The van der Waals surface area contributed by atoms with E-state index >= 15 is 0 Å². The van der Waals surface area contributed by atoms with Crippen molar-refractivity contribution < 1.29 is 5.11 Å². The molecule has 0 aromatic heterocycles. The Hall–Kier alpha value is -0.860. The summed E-state index contributed by atoms with van der Waals surface area (Å²) in [5.74, 6) is 0.514. The Bertz CT molecular complexity index is 392. The minimum atomic E-state index is -0.0601. The molecule has 3 atom stereocenters. The van der Waals surface area contributed by atoms with Crippen LogP contribution in [0.4, 0.5) is 0 Å². The smallest absolute Gasteiger partial charge is 0.0583 e. The number of rotatable bonds is 3. The summed E-state index contributed by atoms with van der Waals surface area (Å²) in [7, 11) is 0. The summed E-state index contributed by atoms with van der Waals surface area (Å²) in [5, 5.41) is 10.3. The van der Waals surface area contributed by atoms with Crippen LogP contribution in [0.25, 0.3) is 0 Å². The standard InChI is InChI=1S/C17H25NO/c19-17-11-5-4-9-15(17)16-10-6-12-18(16)13-14-7-2-1-3-8-14/h1-3,7-8,15-17,19H,4-6,9-13H2. The number of benzene rings is 1. The molecule has 0 bridgehead atoms. The van der Waals surface area contributed by atoms with E-state index in [4.69, 9.17) is 0 Å². The maximum absolute atomic E-state index is 10.3. The number of hydrogen-bond donors (Lipinski definition) is 1. The molecule has 19 heavy (non-hydrogen) atoms. The molecule has 1 saturated carbocycles. The van der Waals surface area contributed by atoms with E-state index in [0.717, 1.165) is 13.0 Å². The van der Waals surface area contributed by atoms with Crippen molar-refractivity contribution in [3.05, 3.63) is 35.9 Å². The molecular formula is C17H25NO. The lowest BCUT2D eigenvalue weighted by Crippen LogP contribution is -2.42. The summed E-state index contributed by atoms with van der Waals surface area (Å²) < 4.78 is 0. The lowest BCUT2D eigenvalue weighted by Gasteiger charge is -2.37. The summed E-state index contributed by atoms with van der Waals surface area (Å²) in [6.45, 7) is 2.25. The zero-order chi connectivity index (χ0) is 13.1. The Morgan fingerprint density at radius 3 is 2.58 bits per heavy atom. The van der Waals surface area contributed by atoms with E-state index in [2.05, 4.69) is 35.2 Å². The molecule has 0 radical (unpaired) electrons. The molecule has 1 aromatic rings. The largest absolute Gasteiger partial charge is 0.393 e. The molecule has 0 amide bonds. The molecule has 3 unspecified atom stereocenters. The van der Waals surface area contributed by atoms with Crippen LogP contribution in [-0.2, 0) is 6.54 Å². The molecule has 2 heteroatoms. The summed E-state index contributed by atoms with van der Waals surface area (Å²) >= 11 is 0. The Kier molecular flexibility index (Phi) is 4.19. The van der Waals surface area contributed by atoms with Gasteiger partial charge in [-0.3, -0.25) is 4.90 Å². The van der Waals surface area contributed by atoms with Gasteiger partial charge in [-0.15, -0.1) is 0 Å². The zero-order valence-corrected chi connectivity index (χ0v) is 11.7. The molecule has 1 aliphatic carbocycles. The lowest BCUT2D eigenvalue weighted by molar-refractivity contribution is 0.0201. The minimum absolute atomic E-state index is 0.0601. The third kappa shape index (κ3) is 3.01. The van der Waals surface area contributed by atoms with Gasteiger partial charge in [0.2, 0.25) is 0 Å². The van der Waals surface area contributed by atoms with Crippen LogP contribution in [0, 0.1) is 5.92 Å². The van der Waals surface area contributed by atoms with Crippen molar-refractivity contribution in [2.24, 2.45) is 5.92 Å². The van der Waals surface area contributed by atoms with Crippen molar-refractivity contribution >= 4 is 0 Å². The second kappa shape index (κ2) is 6.06. The molecule has 1 heterocycles. The Morgan fingerprint density at radius 2 is 1.79 bits per heavy atom. The average molecular weight is 259 g/mol. The van der Waals surface area contributed by atoms with E-state index in [0.29, 0.717) is 12.0 Å². The molecule has 2 nitrogen and oxygen atoms in total. The van der Waals surface area contributed by atoms with Gasteiger partial charge in [0.1, 0.15) is 0 Å². The third-order valence-electron chi connectivity index (χ3n) is 4.92. The van der Waals surface area contributed by atoms with Crippen LogP contribution in [0.3, 0.4) is 0 Å². The fourth-order valence-corrected chi connectivity index (χ4v) is 3.94. The molecule has 2 aliphatic rings. The van der Waals surface area contributed by atoms with Gasteiger partial charge < -0.3 is 5.11 Å². The monoisotopic (exact) mass is 259 g/mol. The predicted molar refractivity (Wildman–Crippen MR) is 77.8 cm³/mol. The highest BCUT2D eigenvalue weighted by atomic mass is 16.3. The van der Waals surface area contributed by atoms with Crippen LogP contribution in [-0.4, -0.2) is 28.7 Å². The van der Waals surface area contributed by atoms with E-state index in [1.807, 2.05) is 0 Å². The summed E-state index contributed by atoms with van der Waals surface area (Å²) in [4.78, 5) is 2.61. The summed E-state index contributed by atoms with van der Waals surface area (Å²) in [6.07, 6.45) is 7.25. The van der Waals surface area contributed by atoms with E-state index in [-0.39, 0.29) is 6.10 Å². The predicted octanol–water partition coefficient (Wildman–Crippen LogP) is 3.20. The maximum Gasteiger partial charge on any atom is 0.0583 e. The van der Waals surface area contributed by atoms with Crippen LogP contribution in [0.5, 0.6) is 0 Å². The number of nitrogens with zero attached hydrogens (tertiary/aromatic N) is 1. The van der Waals surface area contributed by atoms with Crippen molar-refractivity contribution in [2.45, 2.75) is 57.2 Å². The Balaban J connectivity index is 1.67. The van der Waals surface area contributed by atoms with Crippen molar-refractivity contribution in [3.8, 4) is 0 Å². The van der Waals surface area contributed by atoms with E-state index in [1.165, 1.54) is 44.2 Å². The first-order valence-electron chi connectivity index (χ1n) is 7.80. The molecule has 104 valence electrons. The molecule has 0 spiro atoms. The normalized spacial score (nSPS) is 32.6. The number of aliphatic hydroxyl groups excluding tert-OH is 1. The van der Waals surface area contributed by atoms with Crippen molar-refractivity contribution in [2.75, 3.05) is 6.54 Å². The highest BCUT2D eigenvalue weighted by molar-refractivity contribution is 5.15. The van der Waals surface area contributed by atoms with Gasteiger partial charge >= 0.3 is 0 Å². The molecule has 1 aliphatic heterocycles. The first kappa shape index (κ1) is 13.1. The quantitative estimate of drug-likeness (QED) is 0.901. The van der Waals surface area contributed by atoms with Gasteiger partial charge in [0.25, 0.3) is 0 Å². The van der Waals surface area contributed by atoms with E-state index in [1.54, 1.807) is 0 Å². The van der Waals surface area contributed by atoms with E-state index in [9.17, 15) is 5.11 Å². The van der Waals surface area contributed by atoms with Gasteiger partial charge in [-0.1, -0.05) is 43.2 Å². The lowest BCUT2D eigenvalue weighted by atomic mass is 9.80. The zero-order valence-electron chi connectivity index (χ0n) is 11.7. The molecule has 1 aromatic carbocycles. The molecule has 3 rings (SSSR count). The molecule has 2 fully saturated rings. The van der Waals surface area contributed by atoms with Crippen molar-refractivity contribution in [1.29, 1.82) is 0 Å². The Labute approximate surface area is 116 Å². The third-order valence-corrected chi connectivity index (χ3v) is 4.92. The minimum Gasteiger partial charge on any atom is -0.393 e. The first-order chi connectivity index (χ1) is 9.34. The van der Waals surface area contributed by atoms with E-state index < -0.39 is 0 Å².